The number of rotatable bonds is 9. The fourth-order valence-electron chi connectivity index (χ4n) is 3.05. The Bertz CT molecular complexity index is 1340. The van der Waals surface area contributed by atoms with Crippen molar-refractivity contribution in [3.63, 3.8) is 0 Å². The fourth-order valence-corrected chi connectivity index (χ4v) is 3.94. The number of hydrogen-bond donors (Lipinski definition) is 3. The molecule has 0 aliphatic rings. The third kappa shape index (κ3) is 7.72. The lowest BCUT2D eigenvalue weighted by atomic mass is 10.2. The third-order valence-corrected chi connectivity index (χ3v) is 5.63. The van der Waals surface area contributed by atoms with E-state index in [0.717, 1.165) is 11.3 Å². The van der Waals surface area contributed by atoms with Crippen molar-refractivity contribution >= 4 is 49.7 Å². The van der Waals surface area contributed by atoms with Gasteiger partial charge in [-0.25, -0.2) is 15.0 Å². The number of halogens is 3. The first-order chi connectivity index (χ1) is 17.6. The summed E-state index contributed by atoms with van der Waals surface area (Å²) in [5.74, 6) is -0.196. The fraction of sp³-hybridized carbons (Fsp3) is 0.364. The number of nitrogens with two attached hydrogens (primary N) is 1. The van der Waals surface area contributed by atoms with E-state index < -0.39 is 6.36 Å². The van der Waals surface area contributed by atoms with Crippen molar-refractivity contribution in [2.45, 2.75) is 6.36 Å². The van der Waals surface area contributed by atoms with Gasteiger partial charge in [0.15, 0.2) is 10.8 Å². The molecular formula is C22H26F3N7O4S. The molecule has 0 radical (unpaired) electrons. The molecule has 0 unspecified atom stereocenters. The van der Waals surface area contributed by atoms with Gasteiger partial charge < -0.3 is 30.6 Å². The summed E-state index contributed by atoms with van der Waals surface area (Å²) in [4.78, 5) is 25.3. The first-order valence-electron chi connectivity index (χ1n) is 10.9. The number of methoxy groups -OCH3 is 2. The number of thiazole rings is 1. The lowest BCUT2D eigenvalue weighted by Gasteiger charge is -2.07. The van der Waals surface area contributed by atoms with Crippen LogP contribution in [0.4, 0.5) is 24.3 Å². The summed E-state index contributed by atoms with van der Waals surface area (Å²) >= 11 is 1.15. The number of aromatic nitrogens is 4. The van der Waals surface area contributed by atoms with E-state index in [0.29, 0.717) is 64.3 Å². The number of fused-ring (bicyclic) bond motifs is 2. The lowest BCUT2D eigenvalue weighted by Crippen LogP contribution is -2.27. The lowest BCUT2D eigenvalue weighted by molar-refractivity contribution is -0.274. The van der Waals surface area contributed by atoms with Gasteiger partial charge >= 0.3 is 6.36 Å². The summed E-state index contributed by atoms with van der Waals surface area (Å²) in [7, 11) is 4.92. The second-order valence-corrected chi connectivity index (χ2v) is 8.44. The van der Waals surface area contributed by atoms with Gasteiger partial charge in [0, 0.05) is 46.6 Å². The van der Waals surface area contributed by atoms with E-state index in [-0.39, 0.29) is 11.7 Å². The molecule has 0 saturated carbocycles. The van der Waals surface area contributed by atoms with Crippen molar-refractivity contribution in [1.82, 2.24) is 24.8 Å². The van der Waals surface area contributed by atoms with Crippen LogP contribution in [0.5, 0.6) is 5.75 Å². The van der Waals surface area contributed by atoms with E-state index >= 15 is 0 Å². The van der Waals surface area contributed by atoms with Gasteiger partial charge in [0.25, 0.3) is 5.91 Å². The highest BCUT2D eigenvalue weighted by Gasteiger charge is 2.31. The van der Waals surface area contributed by atoms with Crippen LogP contribution in [0, 0.1) is 0 Å². The average molecular weight is 542 g/mol. The molecule has 0 spiro atoms. The van der Waals surface area contributed by atoms with Crippen LogP contribution in [0.2, 0.25) is 0 Å². The molecule has 3 aromatic heterocycles. The number of imidazole rings is 1. The smallest absolute Gasteiger partial charge is 0.406 e. The summed E-state index contributed by atoms with van der Waals surface area (Å²) < 4.78 is 53.0. The first kappa shape index (κ1) is 28.0. The highest BCUT2D eigenvalue weighted by molar-refractivity contribution is 7.22. The number of aryl methyl sites for hydroxylation is 1. The van der Waals surface area contributed by atoms with Crippen molar-refractivity contribution < 1.29 is 32.2 Å². The summed E-state index contributed by atoms with van der Waals surface area (Å²) in [6, 6.07) is 5.55. The number of anilines is 2. The normalized spacial score (nSPS) is 11.3. The zero-order valence-electron chi connectivity index (χ0n) is 20.3. The molecule has 1 aromatic carbocycles. The van der Waals surface area contributed by atoms with E-state index in [1.165, 1.54) is 24.4 Å². The molecule has 0 bridgehead atoms. The van der Waals surface area contributed by atoms with Crippen LogP contribution in [-0.4, -0.2) is 72.3 Å². The van der Waals surface area contributed by atoms with Crippen molar-refractivity contribution in [2.24, 2.45) is 12.8 Å². The number of hydrogen-bond acceptors (Lipinski definition) is 10. The van der Waals surface area contributed by atoms with E-state index in [2.05, 4.69) is 35.1 Å². The predicted octanol–water partition coefficient (Wildman–Crippen LogP) is 3.19. The Morgan fingerprint density at radius 2 is 1.89 bits per heavy atom. The molecule has 37 heavy (non-hydrogen) atoms. The Hall–Kier alpha value is -3.53. The Morgan fingerprint density at radius 3 is 2.54 bits per heavy atom. The summed E-state index contributed by atoms with van der Waals surface area (Å²) in [6.07, 6.45) is -3.31. The van der Waals surface area contributed by atoms with Crippen LogP contribution in [-0.2, 0) is 16.5 Å². The second kappa shape index (κ2) is 12.6. The minimum Gasteiger partial charge on any atom is -0.406 e. The number of ether oxygens (including phenoxy) is 3. The number of carbonyl (C=O) groups is 1. The molecule has 0 atom stereocenters. The Labute approximate surface area is 213 Å². The minimum atomic E-state index is -4.76. The quantitative estimate of drug-likeness (QED) is 0.273. The number of nitrogens with one attached hydrogen (secondary N) is 2. The van der Waals surface area contributed by atoms with Gasteiger partial charge in [0.2, 0.25) is 5.95 Å². The second-order valence-electron chi connectivity index (χ2n) is 7.41. The molecule has 3 heterocycles. The number of carbonyl (C=O) groups excluding carboxylic acids is 1. The monoisotopic (exact) mass is 541 g/mol. The van der Waals surface area contributed by atoms with Gasteiger partial charge in [0.1, 0.15) is 11.3 Å². The summed E-state index contributed by atoms with van der Waals surface area (Å²) in [6.45, 7) is 2.05. The maximum absolute atomic E-state index is 12.4. The average Bonchev–Trinajstić information content (AvgIpc) is 3.38. The highest BCUT2D eigenvalue weighted by Crippen LogP contribution is 2.33. The molecule has 0 aliphatic carbocycles. The number of benzene rings is 1. The van der Waals surface area contributed by atoms with E-state index in [1.54, 1.807) is 31.9 Å². The van der Waals surface area contributed by atoms with E-state index in [9.17, 15) is 18.0 Å². The van der Waals surface area contributed by atoms with Crippen LogP contribution in [0.3, 0.4) is 0 Å². The van der Waals surface area contributed by atoms with Gasteiger partial charge in [-0.05, 0) is 18.2 Å². The van der Waals surface area contributed by atoms with Crippen molar-refractivity contribution in [3.8, 4) is 5.75 Å². The van der Waals surface area contributed by atoms with Crippen LogP contribution in [0.15, 0.2) is 30.5 Å². The molecule has 200 valence electrons. The molecule has 0 aliphatic heterocycles. The van der Waals surface area contributed by atoms with Gasteiger partial charge in [-0.15, -0.1) is 13.2 Å². The highest BCUT2D eigenvalue weighted by atomic mass is 32.1. The molecule has 4 rings (SSSR count). The Kier molecular flexibility index (Phi) is 9.57. The van der Waals surface area contributed by atoms with Crippen LogP contribution in [0.25, 0.3) is 21.4 Å². The zero-order valence-corrected chi connectivity index (χ0v) is 21.1. The molecule has 4 aromatic rings. The zero-order chi connectivity index (χ0) is 27.0. The molecule has 4 N–H and O–H groups in total. The van der Waals surface area contributed by atoms with Crippen LogP contribution < -0.4 is 21.1 Å². The Balaban J connectivity index is 0.000000695. The molecule has 15 heteroatoms. The number of pyridine rings is 1. The van der Waals surface area contributed by atoms with Gasteiger partial charge in [-0.2, -0.15) is 0 Å². The van der Waals surface area contributed by atoms with Crippen LogP contribution >= 0.6 is 11.3 Å². The molecule has 0 saturated heterocycles. The van der Waals surface area contributed by atoms with Gasteiger partial charge in [0.05, 0.1) is 29.0 Å². The Morgan fingerprint density at radius 1 is 1.14 bits per heavy atom. The summed E-state index contributed by atoms with van der Waals surface area (Å²) in [5, 5.41) is 6.20. The van der Waals surface area contributed by atoms with Crippen molar-refractivity contribution in [3.05, 3.63) is 36.0 Å². The topological polar surface area (TPSA) is 138 Å². The number of amides is 1. The largest absolute Gasteiger partial charge is 0.573 e. The van der Waals surface area contributed by atoms with E-state index in [1.807, 2.05) is 0 Å². The maximum Gasteiger partial charge on any atom is 0.573 e. The SMILES string of the molecule is COCCN.COCCNC(=O)c1cnc2c(c1)nc(Nc1nc3ccc(OC(F)(F)F)cc3s1)n2C. The van der Waals surface area contributed by atoms with Crippen molar-refractivity contribution in [1.29, 1.82) is 0 Å². The molecule has 11 nitrogen and oxygen atoms in total. The summed E-state index contributed by atoms with van der Waals surface area (Å²) in [5.41, 5.74) is 6.92. The van der Waals surface area contributed by atoms with Crippen LogP contribution in [0.1, 0.15) is 10.4 Å². The third-order valence-electron chi connectivity index (χ3n) is 4.70. The van der Waals surface area contributed by atoms with Gasteiger partial charge in [-0.1, -0.05) is 11.3 Å². The first-order valence-corrected chi connectivity index (χ1v) is 11.7. The maximum atomic E-state index is 12.4. The number of alkyl halides is 3. The standard InChI is InChI=1S/C19H17F3N6O3S.C3H9NO/c1-28-15-13(7-10(9-24-15)16(29)23-5-6-30-2)25-17(28)27-18-26-12-4-3-11(8-14(12)32-18)31-19(20,21)22;1-5-3-2-4/h3-4,7-9H,5-6H2,1-2H3,(H,23,29)(H,25,26,27);2-4H2,1H3. The minimum absolute atomic E-state index is 0.292. The molecule has 1 amide bonds. The number of nitrogens with zero attached hydrogens (tertiary/aromatic N) is 4. The predicted molar refractivity (Wildman–Crippen MR) is 133 cm³/mol. The van der Waals surface area contributed by atoms with E-state index in [4.69, 9.17) is 10.5 Å². The molecule has 0 fully saturated rings. The molecular weight excluding hydrogens is 515 g/mol. The van der Waals surface area contributed by atoms with Crippen molar-refractivity contribution in [2.75, 3.05) is 45.8 Å². The van der Waals surface area contributed by atoms with Gasteiger partial charge in [-0.3, -0.25) is 9.36 Å².